The van der Waals surface area contributed by atoms with Crippen molar-refractivity contribution in [3.05, 3.63) is 41.6 Å². The van der Waals surface area contributed by atoms with Crippen molar-refractivity contribution in [1.29, 1.82) is 0 Å². The highest BCUT2D eigenvalue weighted by Crippen LogP contribution is 2.34. The van der Waals surface area contributed by atoms with Gasteiger partial charge in [0, 0.05) is 24.7 Å². The van der Waals surface area contributed by atoms with Crippen LogP contribution in [-0.4, -0.2) is 48.1 Å². The zero-order valence-corrected chi connectivity index (χ0v) is 19.6. The summed E-state index contributed by atoms with van der Waals surface area (Å²) in [6.45, 7) is 6.38. The molecule has 2 aromatic rings. The molecule has 9 heteroatoms. The molecule has 8 nitrogen and oxygen atoms in total. The van der Waals surface area contributed by atoms with Crippen LogP contribution in [0.15, 0.2) is 30.3 Å². The summed E-state index contributed by atoms with van der Waals surface area (Å²) in [4.78, 5) is 27.6. The Balaban J connectivity index is 1.51. The van der Waals surface area contributed by atoms with Crippen molar-refractivity contribution in [1.82, 2.24) is 9.78 Å². The Kier molecular flexibility index (Phi) is 6.11. The van der Waals surface area contributed by atoms with Crippen molar-refractivity contribution in [2.24, 2.45) is 5.92 Å². The first-order valence-corrected chi connectivity index (χ1v) is 13.0. The average Bonchev–Trinajstić information content (AvgIpc) is 3.43. The van der Waals surface area contributed by atoms with Gasteiger partial charge in [0.15, 0.2) is 9.84 Å². The molecule has 0 spiro atoms. The van der Waals surface area contributed by atoms with E-state index in [0.717, 1.165) is 17.7 Å². The quantitative estimate of drug-likeness (QED) is 0.717. The molecule has 32 heavy (non-hydrogen) atoms. The molecular formula is C23H30N4O4S. The van der Waals surface area contributed by atoms with E-state index in [1.54, 1.807) is 15.6 Å². The van der Waals surface area contributed by atoms with Gasteiger partial charge in [-0.2, -0.15) is 5.10 Å². The molecule has 0 saturated carbocycles. The molecule has 2 amide bonds. The van der Waals surface area contributed by atoms with Crippen LogP contribution >= 0.6 is 0 Å². The number of nitrogens with zero attached hydrogens (tertiary/aromatic N) is 3. The van der Waals surface area contributed by atoms with E-state index >= 15 is 0 Å². The second-order valence-corrected chi connectivity index (χ2v) is 11.2. The maximum Gasteiger partial charge on any atom is 0.230 e. The van der Waals surface area contributed by atoms with Crippen LogP contribution in [0.1, 0.15) is 56.3 Å². The maximum atomic E-state index is 13.1. The lowest BCUT2D eigenvalue weighted by Gasteiger charge is -2.23. The molecule has 0 bridgehead atoms. The number of sulfone groups is 1. The van der Waals surface area contributed by atoms with Crippen LogP contribution in [0.4, 0.5) is 11.5 Å². The third-order valence-corrected chi connectivity index (χ3v) is 8.28. The van der Waals surface area contributed by atoms with Crippen LogP contribution in [0.5, 0.6) is 0 Å². The van der Waals surface area contributed by atoms with Crippen molar-refractivity contribution in [2.45, 2.75) is 52.0 Å². The van der Waals surface area contributed by atoms with E-state index in [2.05, 4.69) is 24.3 Å². The summed E-state index contributed by atoms with van der Waals surface area (Å²) in [5.41, 5.74) is 2.69. The predicted octanol–water partition coefficient (Wildman–Crippen LogP) is 3.06. The number of nitrogens with one attached hydrogen (secondary N) is 1. The number of carbonyl (C=O) groups excluding carboxylic acids is 2. The standard InChI is InChI=1S/C23H30N4O4S/c1-4-15(2)19-7-5-6-8-20(19)26-13-17(12-22(26)28)23(29)24-21-11-16(3)25-27(21)18-9-10-32(30,31)14-18/h5-8,11,15,17-18H,4,9-10,12-14H2,1-3H3,(H,24,29). The Labute approximate surface area is 188 Å². The van der Waals surface area contributed by atoms with Gasteiger partial charge < -0.3 is 10.2 Å². The zero-order valence-electron chi connectivity index (χ0n) is 18.7. The van der Waals surface area contributed by atoms with Crippen molar-refractivity contribution in [3.63, 3.8) is 0 Å². The molecule has 2 fully saturated rings. The highest BCUT2D eigenvalue weighted by atomic mass is 32.2. The van der Waals surface area contributed by atoms with Gasteiger partial charge in [-0.15, -0.1) is 0 Å². The Morgan fingerprint density at radius 1 is 1.31 bits per heavy atom. The van der Waals surface area contributed by atoms with Crippen molar-refractivity contribution >= 4 is 33.2 Å². The third-order valence-electron chi connectivity index (χ3n) is 6.53. The minimum Gasteiger partial charge on any atom is -0.311 e. The fourth-order valence-corrected chi connectivity index (χ4v) is 6.26. The molecule has 1 N–H and O–H groups in total. The van der Waals surface area contributed by atoms with Gasteiger partial charge in [-0.05, 0) is 37.3 Å². The number of amides is 2. The molecule has 4 rings (SSSR count). The summed E-state index contributed by atoms with van der Waals surface area (Å²) in [7, 11) is -3.08. The van der Waals surface area contributed by atoms with Crippen LogP contribution in [0.2, 0.25) is 0 Å². The van der Waals surface area contributed by atoms with Crippen molar-refractivity contribution < 1.29 is 18.0 Å². The van der Waals surface area contributed by atoms with Gasteiger partial charge in [0.2, 0.25) is 11.8 Å². The molecule has 3 heterocycles. The zero-order chi connectivity index (χ0) is 23.0. The molecule has 2 aliphatic rings. The molecule has 2 saturated heterocycles. The van der Waals surface area contributed by atoms with Crippen LogP contribution in [0.25, 0.3) is 0 Å². The maximum absolute atomic E-state index is 13.1. The van der Waals surface area contributed by atoms with Crippen molar-refractivity contribution in [2.75, 3.05) is 28.3 Å². The number of benzene rings is 1. The number of aryl methyl sites for hydroxylation is 1. The lowest BCUT2D eigenvalue weighted by molar-refractivity contribution is -0.122. The predicted molar refractivity (Wildman–Crippen MR) is 124 cm³/mol. The van der Waals surface area contributed by atoms with Crippen LogP contribution in [-0.2, 0) is 19.4 Å². The van der Waals surface area contributed by atoms with Gasteiger partial charge >= 0.3 is 0 Å². The molecule has 0 aliphatic carbocycles. The van der Waals surface area contributed by atoms with E-state index in [9.17, 15) is 18.0 Å². The topological polar surface area (TPSA) is 101 Å². The number of aromatic nitrogens is 2. The molecule has 2 aliphatic heterocycles. The molecule has 0 radical (unpaired) electrons. The second kappa shape index (κ2) is 8.69. The van der Waals surface area contributed by atoms with Crippen LogP contribution < -0.4 is 10.2 Å². The van der Waals surface area contributed by atoms with E-state index in [-0.39, 0.29) is 35.8 Å². The Hall–Kier alpha value is -2.68. The lowest BCUT2D eigenvalue weighted by atomic mass is 9.96. The summed E-state index contributed by atoms with van der Waals surface area (Å²) < 4.78 is 25.4. The number of hydrogen-bond donors (Lipinski definition) is 1. The van der Waals surface area contributed by atoms with Gasteiger partial charge in [0.05, 0.1) is 29.2 Å². The number of hydrogen-bond acceptors (Lipinski definition) is 5. The first kappa shape index (κ1) is 22.5. The minimum atomic E-state index is -3.08. The number of anilines is 2. The molecule has 1 aromatic carbocycles. The van der Waals surface area contributed by atoms with E-state index in [1.165, 1.54) is 0 Å². The van der Waals surface area contributed by atoms with Gasteiger partial charge in [0.1, 0.15) is 5.82 Å². The monoisotopic (exact) mass is 458 g/mol. The number of para-hydroxylation sites is 1. The Bertz CT molecular complexity index is 1140. The minimum absolute atomic E-state index is 0.0269. The van der Waals surface area contributed by atoms with E-state index in [4.69, 9.17) is 0 Å². The number of rotatable bonds is 6. The molecule has 3 atom stereocenters. The largest absolute Gasteiger partial charge is 0.311 e. The summed E-state index contributed by atoms with van der Waals surface area (Å²) in [6.07, 6.45) is 1.59. The fraction of sp³-hybridized carbons (Fsp3) is 0.522. The first-order valence-electron chi connectivity index (χ1n) is 11.1. The van der Waals surface area contributed by atoms with Crippen LogP contribution in [0.3, 0.4) is 0 Å². The third kappa shape index (κ3) is 4.44. The second-order valence-electron chi connectivity index (χ2n) is 8.94. The van der Waals surface area contributed by atoms with Gasteiger partial charge in [-0.1, -0.05) is 32.0 Å². The Morgan fingerprint density at radius 3 is 2.75 bits per heavy atom. The molecular weight excluding hydrogens is 428 g/mol. The SMILES string of the molecule is CCC(C)c1ccccc1N1CC(C(=O)Nc2cc(C)nn2C2CCS(=O)(=O)C2)CC1=O. The fourth-order valence-electron chi connectivity index (χ4n) is 4.57. The van der Waals surface area contributed by atoms with E-state index < -0.39 is 15.8 Å². The highest BCUT2D eigenvalue weighted by Gasteiger charge is 2.37. The summed E-state index contributed by atoms with van der Waals surface area (Å²) in [6, 6.07) is 9.34. The van der Waals surface area contributed by atoms with Gasteiger partial charge in [-0.25, -0.2) is 13.1 Å². The molecule has 172 valence electrons. The summed E-state index contributed by atoms with van der Waals surface area (Å²) >= 11 is 0. The molecule has 1 aromatic heterocycles. The first-order chi connectivity index (χ1) is 15.2. The van der Waals surface area contributed by atoms with Crippen molar-refractivity contribution in [3.8, 4) is 0 Å². The van der Waals surface area contributed by atoms with E-state index in [1.807, 2.05) is 31.2 Å². The van der Waals surface area contributed by atoms with E-state index in [0.29, 0.717) is 30.4 Å². The normalized spacial score (nSPS) is 23.5. The Morgan fingerprint density at radius 2 is 2.06 bits per heavy atom. The average molecular weight is 459 g/mol. The summed E-state index contributed by atoms with van der Waals surface area (Å²) in [5, 5.41) is 7.32. The van der Waals surface area contributed by atoms with Gasteiger partial charge in [0.25, 0.3) is 0 Å². The number of carbonyl (C=O) groups is 2. The summed E-state index contributed by atoms with van der Waals surface area (Å²) in [5.74, 6) is 0.164. The van der Waals surface area contributed by atoms with Crippen LogP contribution in [0, 0.1) is 12.8 Å². The lowest BCUT2D eigenvalue weighted by Crippen LogP contribution is -2.29. The smallest absolute Gasteiger partial charge is 0.230 e. The molecule has 3 unspecified atom stereocenters. The van der Waals surface area contributed by atoms with Gasteiger partial charge in [-0.3, -0.25) is 9.59 Å². The highest BCUT2D eigenvalue weighted by molar-refractivity contribution is 7.91.